The molecule has 0 spiro atoms. The molecule has 0 saturated heterocycles. The average molecular weight is 261 g/mol. The fourth-order valence-corrected chi connectivity index (χ4v) is 1.64. The van der Waals surface area contributed by atoms with Crippen molar-refractivity contribution in [1.82, 2.24) is 0 Å². The van der Waals surface area contributed by atoms with Crippen molar-refractivity contribution in [3.05, 3.63) is 33.9 Å². The van der Waals surface area contributed by atoms with E-state index in [9.17, 15) is 14.9 Å². The zero-order valence-electron chi connectivity index (χ0n) is 10.7. The van der Waals surface area contributed by atoms with E-state index in [4.69, 9.17) is 5.26 Å². The van der Waals surface area contributed by atoms with Crippen molar-refractivity contribution in [1.29, 1.82) is 5.26 Å². The molecule has 6 heteroatoms. The van der Waals surface area contributed by atoms with E-state index in [0.717, 1.165) is 24.8 Å². The molecule has 0 aliphatic heterocycles. The lowest BCUT2D eigenvalue weighted by Gasteiger charge is -2.06. The smallest absolute Gasteiger partial charge is 0.293 e. The molecule has 1 aromatic rings. The highest BCUT2D eigenvalue weighted by molar-refractivity contribution is 5.94. The standard InChI is InChI=1S/C13H15N3O3/c1-2-3-4-10-5-6-11(12(9-10)16(18)19)15-13(17)7-8-14/h5-6,9H,2-4,7H2,1H3,(H,15,17). The molecule has 0 heterocycles. The van der Waals surface area contributed by atoms with Gasteiger partial charge in [-0.1, -0.05) is 19.4 Å². The molecule has 0 fully saturated rings. The zero-order valence-corrected chi connectivity index (χ0v) is 10.7. The van der Waals surface area contributed by atoms with Crippen LogP contribution in [0.4, 0.5) is 11.4 Å². The largest absolute Gasteiger partial charge is 0.319 e. The Hall–Kier alpha value is -2.42. The van der Waals surface area contributed by atoms with E-state index in [0.29, 0.717) is 0 Å². The molecule has 0 aromatic heterocycles. The minimum absolute atomic E-state index is 0.130. The van der Waals surface area contributed by atoms with E-state index >= 15 is 0 Å². The van der Waals surface area contributed by atoms with Crippen LogP contribution < -0.4 is 5.32 Å². The van der Waals surface area contributed by atoms with Crippen LogP contribution in [0.25, 0.3) is 0 Å². The van der Waals surface area contributed by atoms with E-state index in [2.05, 4.69) is 5.32 Å². The van der Waals surface area contributed by atoms with Crippen molar-refractivity contribution in [2.45, 2.75) is 32.6 Å². The number of rotatable bonds is 6. The van der Waals surface area contributed by atoms with Crippen LogP contribution in [-0.4, -0.2) is 10.8 Å². The molecule has 6 nitrogen and oxygen atoms in total. The zero-order chi connectivity index (χ0) is 14.3. The van der Waals surface area contributed by atoms with Crippen molar-refractivity contribution >= 4 is 17.3 Å². The van der Waals surface area contributed by atoms with Gasteiger partial charge in [0, 0.05) is 6.07 Å². The lowest BCUT2D eigenvalue weighted by atomic mass is 10.1. The van der Waals surface area contributed by atoms with Gasteiger partial charge in [-0.3, -0.25) is 14.9 Å². The predicted octanol–water partition coefficient (Wildman–Crippen LogP) is 2.79. The van der Waals surface area contributed by atoms with Gasteiger partial charge in [0.2, 0.25) is 5.91 Å². The summed E-state index contributed by atoms with van der Waals surface area (Å²) in [7, 11) is 0. The molecule has 0 unspecified atom stereocenters. The molecule has 0 radical (unpaired) electrons. The topological polar surface area (TPSA) is 96.0 Å². The fourth-order valence-electron chi connectivity index (χ4n) is 1.64. The number of hydrogen-bond donors (Lipinski definition) is 1. The van der Waals surface area contributed by atoms with Crippen molar-refractivity contribution in [3.63, 3.8) is 0 Å². The summed E-state index contributed by atoms with van der Waals surface area (Å²) < 4.78 is 0. The average Bonchev–Trinajstić information content (AvgIpc) is 2.37. The molecule has 0 bridgehead atoms. The third kappa shape index (κ3) is 4.39. The fraction of sp³-hybridized carbons (Fsp3) is 0.385. The summed E-state index contributed by atoms with van der Waals surface area (Å²) in [4.78, 5) is 21.7. The highest BCUT2D eigenvalue weighted by Gasteiger charge is 2.16. The number of hydrogen-bond acceptors (Lipinski definition) is 4. The van der Waals surface area contributed by atoms with Gasteiger partial charge in [-0.05, 0) is 24.5 Å². The number of anilines is 1. The van der Waals surface area contributed by atoms with Crippen LogP contribution in [0.1, 0.15) is 31.7 Å². The Labute approximate surface area is 111 Å². The molecule has 0 aliphatic rings. The predicted molar refractivity (Wildman–Crippen MR) is 70.6 cm³/mol. The van der Waals surface area contributed by atoms with Crippen LogP contribution in [0.2, 0.25) is 0 Å². The Balaban J connectivity index is 2.95. The van der Waals surface area contributed by atoms with Gasteiger partial charge < -0.3 is 5.32 Å². The molecule has 0 atom stereocenters. The second kappa shape index (κ2) is 7.11. The summed E-state index contributed by atoms with van der Waals surface area (Å²) in [5.41, 5.74) is 0.859. The molecule has 1 aromatic carbocycles. The summed E-state index contributed by atoms with van der Waals surface area (Å²) in [5, 5.41) is 21.7. The maximum absolute atomic E-state index is 11.3. The summed E-state index contributed by atoms with van der Waals surface area (Å²) >= 11 is 0. The molecular weight excluding hydrogens is 246 g/mol. The Bertz CT molecular complexity index is 520. The maximum atomic E-state index is 11.3. The minimum Gasteiger partial charge on any atom is -0.319 e. The lowest BCUT2D eigenvalue weighted by Crippen LogP contribution is -2.11. The monoisotopic (exact) mass is 261 g/mol. The molecule has 19 heavy (non-hydrogen) atoms. The Morgan fingerprint density at radius 1 is 1.53 bits per heavy atom. The summed E-state index contributed by atoms with van der Waals surface area (Å²) in [5.74, 6) is -0.549. The third-order valence-electron chi connectivity index (χ3n) is 2.59. The van der Waals surface area contributed by atoms with Crippen molar-refractivity contribution < 1.29 is 9.72 Å². The molecule has 1 rings (SSSR count). The van der Waals surface area contributed by atoms with E-state index < -0.39 is 10.8 Å². The Morgan fingerprint density at radius 2 is 2.26 bits per heavy atom. The maximum Gasteiger partial charge on any atom is 0.293 e. The quantitative estimate of drug-likeness (QED) is 0.629. The van der Waals surface area contributed by atoms with Gasteiger partial charge in [0.1, 0.15) is 12.1 Å². The number of benzene rings is 1. The Kier molecular flexibility index (Phi) is 5.48. The van der Waals surface area contributed by atoms with Gasteiger partial charge in [0.05, 0.1) is 11.0 Å². The molecule has 100 valence electrons. The van der Waals surface area contributed by atoms with Crippen molar-refractivity contribution in [2.24, 2.45) is 0 Å². The van der Waals surface area contributed by atoms with Gasteiger partial charge in [-0.15, -0.1) is 0 Å². The number of nitro groups is 1. The molecule has 0 aliphatic carbocycles. The first-order valence-electron chi connectivity index (χ1n) is 6.02. The highest BCUT2D eigenvalue weighted by Crippen LogP contribution is 2.26. The number of carbonyl (C=O) groups is 1. The molecule has 1 N–H and O–H groups in total. The second-order valence-corrected chi connectivity index (χ2v) is 4.10. The van der Waals surface area contributed by atoms with E-state index in [1.54, 1.807) is 12.1 Å². The van der Waals surface area contributed by atoms with Crippen molar-refractivity contribution in [2.75, 3.05) is 5.32 Å². The lowest BCUT2D eigenvalue weighted by molar-refractivity contribution is -0.384. The number of unbranched alkanes of at least 4 members (excludes halogenated alkanes) is 1. The first kappa shape index (κ1) is 14.6. The summed E-state index contributed by atoms with van der Waals surface area (Å²) in [6.07, 6.45) is 2.41. The van der Waals surface area contributed by atoms with Crippen LogP contribution in [0.3, 0.4) is 0 Å². The molecular formula is C13H15N3O3. The van der Waals surface area contributed by atoms with E-state index in [-0.39, 0.29) is 17.8 Å². The normalized spacial score (nSPS) is 9.68. The van der Waals surface area contributed by atoms with Crippen LogP contribution in [0, 0.1) is 21.4 Å². The van der Waals surface area contributed by atoms with Gasteiger partial charge in [0.25, 0.3) is 5.69 Å². The van der Waals surface area contributed by atoms with Crippen molar-refractivity contribution in [3.8, 4) is 6.07 Å². The van der Waals surface area contributed by atoms with Crippen LogP contribution in [-0.2, 0) is 11.2 Å². The van der Waals surface area contributed by atoms with Gasteiger partial charge in [0.15, 0.2) is 0 Å². The van der Waals surface area contributed by atoms with Gasteiger partial charge in [-0.2, -0.15) is 5.26 Å². The van der Waals surface area contributed by atoms with Crippen LogP contribution >= 0.6 is 0 Å². The molecule has 1 amide bonds. The van der Waals surface area contributed by atoms with Crippen LogP contribution in [0.15, 0.2) is 18.2 Å². The number of nitrogens with zero attached hydrogens (tertiary/aromatic N) is 2. The SMILES string of the molecule is CCCCc1ccc(NC(=O)CC#N)c([N+](=O)[O-])c1. The number of nitriles is 1. The summed E-state index contributed by atoms with van der Waals surface area (Å²) in [6.45, 7) is 2.05. The first-order valence-corrected chi connectivity index (χ1v) is 6.02. The highest BCUT2D eigenvalue weighted by atomic mass is 16.6. The van der Waals surface area contributed by atoms with E-state index in [1.165, 1.54) is 12.1 Å². The first-order chi connectivity index (χ1) is 9.08. The van der Waals surface area contributed by atoms with Gasteiger partial charge in [-0.25, -0.2) is 0 Å². The number of carbonyl (C=O) groups excluding carboxylic acids is 1. The number of nitrogens with one attached hydrogen (secondary N) is 1. The minimum atomic E-state index is -0.549. The number of amides is 1. The summed E-state index contributed by atoms with van der Waals surface area (Å²) in [6, 6.07) is 6.43. The number of aryl methyl sites for hydroxylation is 1. The number of nitro benzene ring substituents is 1. The third-order valence-corrected chi connectivity index (χ3v) is 2.59. The second-order valence-electron chi connectivity index (χ2n) is 4.10. The van der Waals surface area contributed by atoms with Gasteiger partial charge >= 0.3 is 0 Å². The molecule has 0 saturated carbocycles. The van der Waals surface area contributed by atoms with E-state index in [1.807, 2.05) is 6.92 Å². The Morgan fingerprint density at radius 3 is 2.84 bits per heavy atom. The van der Waals surface area contributed by atoms with Crippen LogP contribution in [0.5, 0.6) is 0 Å².